The highest BCUT2D eigenvalue weighted by molar-refractivity contribution is 7.86. The molecule has 1 saturated carbocycles. The number of rotatable bonds is 4. The highest BCUT2D eigenvalue weighted by atomic mass is 32.2. The molecule has 15 heavy (non-hydrogen) atoms. The van der Waals surface area contributed by atoms with Gasteiger partial charge in [0.05, 0.1) is 11.5 Å². The van der Waals surface area contributed by atoms with Gasteiger partial charge in [0.25, 0.3) is 10.1 Å². The van der Waals surface area contributed by atoms with E-state index in [1.807, 2.05) is 0 Å². The van der Waals surface area contributed by atoms with Crippen LogP contribution in [0.2, 0.25) is 0 Å². The first-order valence-corrected chi connectivity index (χ1v) is 6.54. The van der Waals surface area contributed by atoms with E-state index in [4.69, 9.17) is 4.18 Å². The molecule has 0 aliphatic heterocycles. The second-order valence-corrected chi connectivity index (χ2v) is 5.46. The van der Waals surface area contributed by atoms with Crippen LogP contribution in [0.4, 0.5) is 0 Å². The fourth-order valence-electron chi connectivity index (χ4n) is 1.50. The molecule has 1 aliphatic rings. The summed E-state index contributed by atoms with van der Waals surface area (Å²) in [5, 5.41) is 0. The SMILES string of the molecule is O=S(=O)(OCC1CCC1)c1ccccc1. The van der Waals surface area contributed by atoms with E-state index in [1.54, 1.807) is 30.3 Å². The summed E-state index contributed by atoms with van der Waals surface area (Å²) in [6, 6.07) is 8.27. The van der Waals surface area contributed by atoms with Gasteiger partial charge in [-0.15, -0.1) is 0 Å². The second-order valence-electron chi connectivity index (χ2n) is 3.85. The lowest BCUT2D eigenvalue weighted by Crippen LogP contribution is -2.20. The maximum atomic E-state index is 11.7. The largest absolute Gasteiger partial charge is 0.296 e. The number of hydrogen-bond acceptors (Lipinski definition) is 3. The maximum absolute atomic E-state index is 11.7. The van der Waals surface area contributed by atoms with Gasteiger partial charge in [-0.3, -0.25) is 4.18 Å². The van der Waals surface area contributed by atoms with E-state index in [9.17, 15) is 8.42 Å². The molecule has 4 heteroatoms. The Morgan fingerprint density at radius 2 is 1.87 bits per heavy atom. The van der Waals surface area contributed by atoms with E-state index in [0.29, 0.717) is 12.5 Å². The average Bonchev–Trinajstić information content (AvgIpc) is 2.16. The van der Waals surface area contributed by atoms with Crippen LogP contribution in [0.25, 0.3) is 0 Å². The zero-order valence-corrected chi connectivity index (χ0v) is 9.24. The third-order valence-corrected chi connectivity index (χ3v) is 4.01. The number of benzene rings is 1. The minimum atomic E-state index is -3.53. The van der Waals surface area contributed by atoms with Crippen molar-refractivity contribution in [1.29, 1.82) is 0 Å². The second kappa shape index (κ2) is 4.33. The van der Waals surface area contributed by atoms with E-state index in [1.165, 1.54) is 6.42 Å². The zero-order valence-electron chi connectivity index (χ0n) is 8.43. The smallest absolute Gasteiger partial charge is 0.266 e. The highest BCUT2D eigenvalue weighted by Crippen LogP contribution is 2.27. The fourth-order valence-corrected chi connectivity index (χ4v) is 2.50. The monoisotopic (exact) mass is 226 g/mol. The Hall–Kier alpha value is -0.870. The van der Waals surface area contributed by atoms with Gasteiger partial charge in [0.1, 0.15) is 0 Å². The van der Waals surface area contributed by atoms with Gasteiger partial charge in [0.2, 0.25) is 0 Å². The van der Waals surface area contributed by atoms with Crippen molar-refractivity contribution in [3.05, 3.63) is 30.3 Å². The van der Waals surface area contributed by atoms with Gasteiger partial charge in [-0.05, 0) is 30.9 Å². The molecule has 1 aromatic rings. The van der Waals surface area contributed by atoms with Gasteiger partial charge in [0.15, 0.2) is 0 Å². The summed E-state index contributed by atoms with van der Waals surface area (Å²) in [5.41, 5.74) is 0. The molecule has 0 spiro atoms. The molecule has 0 bridgehead atoms. The van der Waals surface area contributed by atoms with Crippen molar-refractivity contribution < 1.29 is 12.6 Å². The molecule has 2 rings (SSSR count). The summed E-state index contributed by atoms with van der Waals surface area (Å²) < 4.78 is 28.3. The molecule has 0 atom stereocenters. The molecule has 0 radical (unpaired) electrons. The van der Waals surface area contributed by atoms with Crippen molar-refractivity contribution in [3.8, 4) is 0 Å². The first kappa shape index (κ1) is 10.6. The van der Waals surface area contributed by atoms with Crippen molar-refractivity contribution in [2.24, 2.45) is 5.92 Å². The van der Waals surface area contributed by atoms with Crippen LogP contribution >= 0.6 is 0 Å². The molecule has 0 aromatic heterocycles. The minimum Gasteiger partial charge on any atom is -0.266 e. The van der Waals surface area contributed by atoms with Gasteiger partial charge >= 0.3 is 0 Å². The fraction of sp³-hybridized carbons (Fsp3) is 0.455. The van der Waals surface area contributed by atoms with Gasteiger partial charge in [-0.2, -0.15) is 8.42 Å². The standard InChI is InChI=1S/C11H14O3S/c12-15(13,11-7-2-1-3-8-11)14-9-10-5-4-6-10/h1-3,7-8,10H,4-6,9H2. The lowest BCUT2D eigenvalue weighted by atomic mass is 9.86. The van der Waals surface area contributed by atoms with Crippen molar-refractivity contribution >= 4 is 10.1 Å². The van der Waals surface area contributed by atoms with E-state index < -0.39 is 10.1 Å². The van der Waals surface area contributed by atoms with Crippen LogP contribution in [0.1, 0.15) is 19.3 Å². The lowest BCUT2D eigenvalue weighted by molar-refractivity contribution is 0.185. The van der Waals surface area contributed by atoms with Crippen LogP contribution in [0.5, 0.6) is 0 Å². The Bertz CT molecular complexity index is 407. The average molecular weight is 226 g/mol. The van der Waals surface area contributed by atoms with E-state index >= 15 is 0 Å². The topological polar surface area (TPSA) is 43.4 Å². The third-order valence-electron chi connectivity index (χ3n) is 2.72. The van der Waals surface area contributed by atoms with Crippen LogP contribution in [0, 0.1) is 5.92 Å². The molecule has 0 unspecified atom stereocenters. The molecule has 0 saturated heterocycles. The molecule has 1 aliphatic carbocycles. The van der Waals surface area contributed by atoms with E-state index in [2.05, 4.69) is 0 Å². The van der Waals surface area contributed by atoms with E-state index in [-0.39, 0.29) is 4.90 Å². The van der Waals surface area contributed by atoms with Gasteiger partial charge in [0, 0.05) is 0 Å². The Morgan fingerprint density at radius 3 is 2.40 bits per heavy atom. The zero-order chi connectivity index (χ0) is 10.7. The van der Waals surface area contributed by atoms with E-state index in [0.717, 1.165) is 12.8 Å². The van der Waals surface area contributed by atoms with Crippen LogP contribution in [-0.4, -0.2) is 15.0 Å². The molecule has 82 valence electrons. The van der Waals surface area contributed by atoms with Crippen molar-refractivity contribution in [2.45, 2.75) is 24.2 Å². The molecule has 0 heterocycles. The van der Waals surface area contributed by atoms with Crippen molar-refractivity contribution in [3.63, 3.8) is 0 Å². The summed E-state index contributed by atoms with van der Waals surface area (Å²) in [6.45, 7) is 0.331. The van der Waals surface area contributed by atoms with Gasteiger partial charge < -0.3 is 0 Å². The Balaban J connectivity index is 2.00. The first-order chi connectivity index (χ1) is 7.18. The summed E-state index contributed by atoms with van der Waals surface area (Å²) in [4.78, 5) is 0.240. The van der Waals surface area contributed by atoms with Gasteiger partial charge in [-0.25, -0.2) is 0 Å². The lowest BCUT2D eigenvalue weighted by Gasteiger charge is -2.24. The molecule has 1 aromatic carbocycles. The molecule has 1 fully saturated rings. The summed E-state index contributed by atoms with van der Waals surface area (Å²) in [6.07, 6.45) is 3.37. The predicted octanol–water partition coefficient (Wildman–Crippen LogP) is 2.19. The van der Waals surface area contributed by atoms with Crippen molar-refractivity contribution in [2.75, 3.05) is 6.61 Å². The summed E-state index contributed by atoms with van der Waals surface area (Å²) >= 11 is 0. The Morgan fingerprint density at radius 1 is 1.20 bits per heavy atom. The molecular weight excluding hydrogens is 212 g/mol. The van der Waals surface area contributed by atoms with Crippen LogP contribution in [0.3, 0.4) is 0 Å². The molecule has 0 amide bonds. The van der Waals surface area contributed by atoms with Crippen LogP contribution in [-0.2, 0) is 14.3 Å². The molecule has 0 N–H and O–H groups in total. The Kier molecular flexibility index (Phi) is 3.07. The molecular formula is C11H14O3S. The quantitative estimate of drug-likeness (QED) is 0.739. The highest BCUT2D eigenvalue weighted by Gasteiger charge is 2.22. The Labute approximate surface area is 90.2 Å². The van der Waals surface area contributed by atoms with Crippen LogP contribution in [0.15, 0.2) is 35.2 Å². The normalized spacial score (nSPS) is 17.3. The summed E-state index contributed by atoms with van der Waals surface area (Å²) in [5.74, 6) is 0.434. The predicted molar refractivity (Wildman–Crippen MR) is 56.9 cm³/mol. The third kappa shape index (κ3) is 2.58. The number of hydrogen-bond donors (Lipinski definition) is 0. The van der Waals surface area contributed by atoms with Crippen LogP contribution < -0.4 is 0 Å². The van der Waals surface area contributed by atoms with Crippen molar-refractivity contribution in [1.82, 2.24) is 0 Å². The first-order valence-electron chi connectivity index (χ1n) is 5.13. The molecule has 3 nitrogen and oxygen atoms in total. The minimum absolute atomic E-state index is 0.240. The van der Waals surface area contributed by atoms with Gasteiger partial charge in [-0.1, -0.05) is 24.6 Å². The summed E-state index contributed by atoms with van der Waals surface area (Å²) in [7, 11) is -3.53. The maximum Gasteiger partial charge on any atom is 0.296 e.